The van der Waals surface area contributed by atoms with Crippen LogP contribution in [0.1, 0.15) is 30.8 Å². The average Bonchev–Trinajstić information content (AvgIpc) is 3.12. The molecule has 0 fully saturated rings. The first-order chi connectivity index (χ1) is 12.4. The third-order valence-corrected chi connectivity index (χ3v) is 4.55. The lowest BCUT2D eigenvalue weighted by Gasteiger charge is -2.05. The Bertz CT molecular complexity index is 959. The number of benzene rings is 1. The smallest absolute Gasteiger partial charge is 0.358 e. The van der Waals surface area contributed by atoms with Crippen LogP contribution in [-0.4, -0.2) is 38.9 Å². The summed E-state index contributed by atoms with van der Waals surface area (Å²) in [6, 6.07) is 7.02. The predicted molar refractivity (Wildman–Crippen MR) is 98.3 cm³/mol. The van der Waals surface area contributed by atoms with Gasteiger partial charge in [-0.25, -0.2) is 9.48 Å². The van der Waals surface area contributed by atoms with Crippen molar-refractivity contribution < 1.29 is 19.4 Å². The summed E-state index contributed by atoms with van der Waals surface area (Å²) in [5, 5.41) is 16.7. The van der Waals surface area contributed by atoms with Crippen molar-refractivity contribution in [1.29, 1.82) is 0 Å². The second kappa shape index (κ2) is 7.12. The monoisotopic (exact) mass is 374 g/mol. The van der Waals surface area contributed by atoms with Gasteiger partial charge in [0.15, 0.2) is 16.5 Å². The Hall–Kier alpha value is -2.94. The first-order valence-electron chi connectivity index (χ1n) is 7.96. The summed E-state index contributed by atoms with van der Waals surface area (Å²) in [5.74, 6) is -0.410. The third kappa shape index (κ3) is 3.52. The van der Waals surface area contributed by atoms with Crippen molar-refractivity contribution in [2.75, 3.05) is 12.4 Å². The Morgan fingerprint density at radius 2 is 2.00 bits per heavy atom. The van der Waals surface area contributed by atoms with Gasteiger partial charge < -0.3 is 15.2 Å². The van der Waals surface area contributed by atoms with Crippen LogP contribution in [0.4, 0.5) is 5.13 Å². The highest BCUT2D eigenvalue weighted by Crippen LogP contribution is 2.31. The molecule has 0 saturated carbocycles. The number of thiazole rings is 1. The summed E-state index contributed by atoms with van der Waals surface area (Å²) in [6.07, 6.45) is 0.367. The van der Waals surface area contributed by atoms with Crippen molar-refractivity contribution in [3.8, 4) is 11.4 Å². The molecule has 0 aliphatic heterocycles. The SMILES string of the molecule is COc1ccc(-n2nc(C(=O)O)c3sc(NC(=O)CC(C)C)nc32)cc1. The van der Waals surface area contributed by atoms with Crippen molar-refractivity contribution in [1.82, 2.24) is 14.8 Å². The summed E-state index contributed by atoms with van der Waals surface area (Å²) in [6.45, 7) is 3.89. The normalized spacial score (nSPS) is 11.1. The second-order valence-electron chi connectivity index (χ2n) is 6.08. The van der Waals surface area contributed by atoms with Crippen LogP contribution in [-0.2, 0) is 4.79 Å². The minimum Gasteiger partial charge on any atom is -0.497 e. The fourth-order valence-electron chi connectivity index (χ4n) is 2.44. The van der Waals surface area contributed by atoms with E-state index < -0.39 is 5.97 Å². The highest BCUT2D eigenvalue weighted by molar-refractivity contribution is 7.22. The van der Waals surface area contributed by atoms with Gasteiger partial charge in [0.2, 0.25) is 5.91 Å². The van der Waals surface area contributed by atoms with Crippen LogP contribution in [0.5, 0.6) is 5.75 Å². The van der Waals surface area contributed by atoms with Crippen molar-refractivity contribution in [2.45, 2.75) is 20.3 Å². The van der Waals surface area contributed by atoms with E-state index in [1.807, 2.05) is 13.8 Å². The number of amides is 1. The van der Waals surface area contributed by atoms with E-state index in [0.29, 0.717) is 33.3 Å². The zero-order chi connectivity index (χ0) is 18.8. The maximum absolute atomic E-state index is 12.0. The van der Waals surface area contributed by atoms with Crippen LogP contribution in [0.3, 0.4) is 0 Å². The largest absolute Gasteiger partial charge is 0.497 e. The Kier molecular flexibility index (Phi) is 4.90. The van der Waals surface area contributed by atoms with Gasteiger partial charge in [0.05, 0.1) is 12.8 Å². The van der Waals surface area contributed by atoms with Crippen LogP contribution < -0.4 is 10.1 Å². The van der Waals surface area contributed by atoms with Crippen molar-refractivity contribution >= 4 is 38.7 Å². The molecule has 9 heteroatoms. The molecule has 8 nitrogen and oxygen atoms in total. The first kappa shape index (κ1) is 17.9. The topological polar surface area (TPSA) is 106 Å². The molecule has 2 N–H and O–H groups in total. The molecule has 1 amide bonds. The van der Waals surface area contributed by atoms with Crippen molar-refractivity contribution in [3.05, 3.63) is 30.0 Å². The number of hydrogen-bond acceptors (Lipinski definition) is 6. The fraction of sp³-hybridized carbons (Fsp3) is 0.294. The lowest BCUT2D eigenvalue weighted by atomic mass is 10.1. The lowest BCUT2D eigenvalue weighted by Crippen LogP contribution is -2.13. The van der Waals surface area contributed by atoms with E-state index in [4.69, 9.17) is 4.74 Å². The highest BCUT2D eigenvalue weighted by Gasteiger charge is 2.22. The number of fused-ring (bicyclic) bond motifs is 1. The minimum atomic E-state index is -1.15. The number of nitrogens with one attached hydrogen (secondary N) is 1. The van der Waals surface area contributed by atoms with Crippen molar-refractivity contribution in [3.63, 3.8) is 0 Å². The van der Waals surface area contributed by atoms with Gasteiger partial charge in [0.1, 0.15) is 10.4 Å². The van der Waals surface area contributed by atoms with E-state index in [0.717, 1.165) is 11.3 Å². The molecular weight excluding hydrogens is 356 g/mol. The molecule has 1 aromatic carbocycles. The molecule has 0 bridgehead atoms. The molecule has 0 saturated heterocycles. The average molecular weight is 374 g/mol. The number of hydrogen-bond donors (Lipinski definition) is 2. The van der Waals surface area contributed by atoms with Gasteiger partial charge in [-0.2, -0.15) is 10.1 Å². The van der Waals surface area contributed by atoms with Gasteiger partial charge in [-0.15, -0.1) is 0 Å². The molecule has 3 rings (SSSR count). The number of methoxy groups -OCH3 is 1. The molecule has 0 unspecified atom stereocenters. The molecule has 2 heterocycles. The number of rotatable bonds is 6. The quantitative estimate of drug-likeness (QED) is 0.686. The minimum absolute atomic E-state index is 0.0994. The predicted octanol–water partition coefficient (Wildman–Crippen LogP) is 3.17. The van der Waals surface area contributed by atoms with Gasteiger partial charge in [-0.3, -0.25) is 4.79 Å². The maximum Gasteiger partial charge on any atom is 0.358 e. The van der Waals surface area contributed by atoms with E-state index in [9.17, 15) is 14.7 Å². The molecule has 2 aromatic heterocycles. The molecule has 0 atom stereocenters. The zero-order valence-corrected chi connectivity index (χ0v) is 15.3. The van der Waals surface area contributed by atoms with Gasteiger partial charge in [0, 0.05) is 6.42 Å². The van der Waals surface area contributed by atoms with E-state index in [1.165, 1.54) is 4.68 Å². The van der Waals surface area contributed by atoms with Crippen LogP contribution in [0.25, 0.3) is 16.0 Å². The Morgan fingerprint density at radius 1 is 1.31 bits per heavy atom. The lowest BCUT2D eigenvalue weighted by molar-refractivity contribution is -0.116. The van der Waals surface area contributed by atoms with Crippen LogP contribution in [0.15, 0.2) is 24.3 Å². The van der Waals surface area contributed by atoms with E-state index in [1.54, 1.807) is 31.4 Å². The van der Waals surface area contributed by atoms with Gasteiger partial charge in [-0.1, -0.05) is 25.2 Å². The van der Waals surface area contributed by atoms with Gasteiger partial charge >= 0.3 is 5.97 Å². The van der Waals surface area contributed by atoms with Gasteiger partial charge in [-0.05, 0) is 30.2 Å². The van der Waals surface area contributed by atoms with E-state index in [2.05, 4.69) is 15.4 Å². The highest BCUT2D eigenvalue weighted by atomic mass is 32.1. The van der Waals surface area contributed by atoms with E-state index in [-0.39, 0.29) is 17.5 Å². The molecule has 0 aliphatic rings. The number of aromatic carboxylic acids is 1. The summed E-state index contributed by atoms with van der Waals surface area (Å²) in [7, 11) is 1.57. The number of anilines is 1. The first-order valence-corrected chi connectivity index (χ1v) is 8.77. The number of nitrogens with zero attached hydrogens (tertiary/aromatic N) is 3. The zero-order valence-electron chi connectivity index (χ0n) is 14.5. The molecule has 0 aliphatic carbocycles. The Morgan fingerprint density at radius 3 is 2.58 bits per heavy atom. The number of carboxylic acid groups (broad SMARTS) is 1. The molecular formula is C17H18N4O4S. The van der Waals surface area contributed by atoms with Crippen LogP contribution in [0.2, 0.25) is 0 Å². The molecule has 136 valence electrons. The Balaban J connectivity index is 2.03. The van der Waals surface area contributed by atoms with Crippen LogP contribution in [0, 0.1) is 5.92 Å². The number of carbonyl (C=O) groups is 2. The molecule has 0 spiro atoms. The number of aromatic nitrogens is 3. The van der Waals surface area contributed by atoms with Crippen molar-refractivity contribution in [2.24, 2.45) is 5.92 Å². The third-order valence-electron chi connectivity index (χ3n) is 3.58. The fourth-order valence-corrected chi connectivity index (χ4v) is 3.38. The molecule has 0 radical (unpaired) electrons. The second-order valence-corrected chi connectivity index (χ2v) is 7.08. The molecule has 3 aromatic rings. The summed E-state index contributed by atoms with van der Waals surface area (Å²) >= 11 is 1.10. The summed E-state index contributed by atoms with van der Waals surface area (Å²) in [4.78, 5) is 27.9. The maximum atomic E-state index is 12.0. The van der Waals surface area contributed by atoms with Crippen LogP contribution >= 0.6 is 11.3 Å². The number of carbonyl (C=O) groups excluding carboxylic acids is 1. The molecule has 26 heavy (non-hydrogen) atoms. The number of ether oxygens (including phenoxy) is 1. The summed E-state index contributed by atoms with van der Waals surface area (Å²) < 4.78 is 6.99. The van der Waals surface area contributed by atoms with Gasteiger partial charge in [0.25, 0.3) is 0 Å². The van der Waals surface area contributed by atoms with E-state index >= 15 is 0 Å². The number of carboxylic acids is 1. The summed E-state index contributed by atoms with van der Waals surface area (Å²) in [5.41, 5.74) is 0.934. The standard InChI is InChI=1S/C17H18N4O4S/c1-9(2)8-12(22)18-17-19-15-14(26-17)13(16(23)24)20-21(15)10-4-6-11(25-3)7-5-10/h4-7,9H,8H2,1-3H3,(H,23,24)(H,18,19,22). The Labute approximate surface area is 153 Å².